The van der Waals surface area contributed by atoms with Gasteiger partial charge in [0.05, 0.1) is 5.41 Å². The highest BCUT2D eigenvalue weighted by Crippen LogP contribution is 2.80. The summed E-state index contributed by atoms with van der Waals surface area (Å²) in [6.07, 6.45) is 0.336. The van der Waals surface area contributed by atoms with E-state index in [2.05, 4.69) is 12.2 Å². The van der Waals surface area contributed by atoms with E-state index < -0.39 is 11.8 Å². The molecule has 0 aromatic rings. The minimum absolute atomic E-state index is 0.114. The van der Waals surface area contributed by atoms with E-state index >= 15 is 0 Å². The molecule has 0 heterocycles. The molecule has 0 atom stereocenters. The lowest BCUT2D eigenvalue weighted by molar-refractivity contribution is 0.0925. The van der Waals surface area contributed by atoms with Crippen molar-refractivity contribution in [3.8, 4) is 0 Å². The van der Waals surface area contributed by atoms with Crippen LogP contribution in [0.15, 0.2) is 0 Å². The van der Waals surface area contributed by atoms with Crippen molar-refractivity contribution in [1.29, 1.82) is 0 Å². The van der Waals surface area contributed by atoms with E-state index in [1.807, 2.05) is 0 Å². The van der Waals surface area contributed by atoms with E-state index in [1.54, 1.807) is 0 Å². The Morgan fingerprint density at radius 2 is 2.09 bits per heavy atom. The highest BCUT2D eigenvalue weighted by Gasteiger charge is 2.87. The van der Waals surface area contributed by atoms with E-state index in [4.69, 9.17) is 0 Å². The molecule has 0 radical (unpaired) electrons. The Kier molecular flexibility index (Phi) is 1.32. The molecule has 2 saturated carbocycles. The molecular formula is C8H13F2N. The summed E-state index contributed by atoms with van der Waals surface area (Å²) in [4.78, 5) is 0. The zero-order valence-electron chi connectivity index (χ0n) is 6.66. The average molecular weight is 161 g/mol. The Morgan fingerprint density at radius 1 is 1.45 bits per heavy atom. The third kappa shape index (κ3) is 0.776. The van der Waals surface area contributed by atoms with Crippen molar-refractivity contribution >= 4 is 0 Å². The Balaban J connectivity index is 1.84. The lowest BCUT2D eigenvalue weighted by Crippen LogP contribution is -2.24. The molecule has 1 N–H and O–H groups in total. The predicted octanol–water partition coefficient (Wildman–Crippen LogP) is 1.78. The molecule has 2 aliphatic rings. The van der Waals surface area contributed by atoms with Crippen LogP contribution < -0.4 is 5.32 Å². The van der Waals surface area contributed by atoms with Gasteiger partial charge in [0, 0.05) is 5.54 Å². The molecular weight excluding hydrogens is 148 g/mol. The van der Waals surface area contributed by atoms with Gasteiger partial charge in [-0.3, -0.25) is 0 Å². The second-order valence-corrected chi connectivity index (χ2v) is 3.82. The van der Waals surface area contributed by atoms with E-state index in [9.17, 15) is 8.78 Å². The van der Waals surface area contributed by atoms with Crippen molar-refractivity contribution in [3.63, 3.8) is 0 Å². The zero-order valence-corrected chi connectivity index (χ0v) is 6.66. The molecule has 0 saturated heterocycles. The fourth-order valence-electron chi connectivity index (χ4n) is 1.97. The molecule has 0 spiro atoms. The molecule has 1 nitrogen and oxygen atoms in total. The fraction of sp³-hybridized carbons (Fsp3) is 1.00. The lowest BCUT2D eigenvalue weighted by atomic mass is 10.2. The lowest BCUT2D eigenvalue weighted by Gasteiger charge is -2.02. The van der Waals surface area contributed by atoms with Gasteiger partial charge in [0.2, 0.25) is 6.43 Å². The summed E-state index contributed by atoms with van der Waals surface area (Å²) in [5.41, 5.74) is -0.695. The highest BCUT2D eigenvalue weighted by atomic mass is 19.3. The van der Waals surface area contributed by atoms with Crippen LogP contribution in [0, 0.1) is 5.41 Å². The first kappa shape index (κ1) is 7.47. The minimum Gasteiger partial charge on any atom is -0.310 e. The Morgan fingerprint density at radius 3 is 2.45 bits per heavy atom. The summed E-state index contributed by atoms with van der Waals surface area (Å²) in [5, 5.41) is 3.20. The van der Waals surface area contributed by atoms with Crippen molar-refractivity contribution in [2.45, 2.75) is 38.2 Å². The van der Waals surface area contributed by atoms with Crippen LogP contribution in [0.1, 0.15) is 26.2 Å². The molecule has 0 unspecified atom stereocenters. The third-order valence-corrected chi connectivity index (χ3v) is 3.07. The number of nitrogens with one attached hydrogen (secondary N) is 1. The Hall–Kier alpha value is -0.180. The summed E-state index contributed by atoms with van der Waals surface area (Å²) >= 11 is 0. The molecule has 0 bridgehead atoms. The molecule has 0 aromatic carbocycles. The summed E-state index contributed by atoms with van der Waals surface area (Å²) in [6.45, 7) is 2.94. The third-order valence-electron chi connectivity index (χ3n) is 3.07. The Labute approximate surface area is 65.2 Å². The normalized spacial score (nSPS) is 45.8. The van der Waals surface area contributed by atoms with Crippen molar-refractivity contribution in [3.05, 3.63) is 0 Å². The van der Waals surface area contributed by atoms with Gasteiger partial charge in [-0.05, 0) is 25.8 Å². The van der Waals surface area contributed by atoms with E-state index in [1.165, 1.54) is 0 Å². The summed E-state index contributed by atoms with van der Waals surface area (Å²) in [6, 6.07) is 0. The van der Waals surface area contributed by atoms with Gasteiger partial charge in [0.1, 0.15) is 0 Å². The van der Waals surface area contributed by atoms with Gasteiger partial charge < -0.3 is 5.32 Å². The maximum atomic E-state index is 12.3. The van der Waals surface area contributed by atoms with Gasteiger partial charge in [0.15, 0.2) is 0 Å². The minimum atomic E-state index is -2.10. The topological polar surface area (TPSA) is 12.0 Å². The van der Waals surface area contributed by atoms with Crippen LogP contribution in [0.25, 0.3) is 0 Å². The van der Waals surface area contributed by atoms with Gasteiger partial charge in [-0.25, -0.2) is 8.78 Å². The predicted molar refractivity (Wildman–Crippen MR) is 38.7 cm³/mol. The first-order chi connectivity index (χ1) is 5.17. The van der Waals surface area contributed by atoms with Crippen LogP contribution in [0.2, 0.25) is 0 Å². The fourth-order valence-corrected chi connectivity index (χ4v) is 1.97. The van der Waals surface area contributed by atoms with E-state index in [-0.39, 0.29) is 5.54 Å². The molecule has 0 aromatic heterocycles. The number of halogens is 2. The molecule has 11 heavy (non-hydrogen) atoms. The van der Waals surface area contributed by atoms with Gasteiger partial charge in [-0.15, -0.1) is 0 Å². The van der Waals surface area contributed by atoms with Crippen LogP contribution in [0.4, 0.5) is 8.78 Å². The monoisotopic (exact) mass is 161 g/mol. The first-order valence-corrected chi connectivity index (χ1v) is 4.20. The largest absolute Gasteiger partial charge is 0.310 e. The van der Waals surface area contributed by atoms with Crippen LogP contribution >= 0.6 is 0 Å². The molecule has 2 fully saturated rings. The van der Waals surface area contributed by atoms with Crippen LogP contribution in [-0.4, -0.2) is 18.5 Å². The van der Waals surface area contributed by atoms with Crippen molar-refractivity contribution in [2.24, 2.45) is 5.41 Å². The standard InChI is InChI=1S/C8H13F2N/c1-2-3-11-8-4-7(8,5-8)6(9)10/h6,11H,2-5H2,1H3. The van der Waals surface area contributed by atoms with Crippen LogP contribution in [0.5, 0.6) is 0 Å². The zero-order chi connectivity index (χ0) is 8.11. The van der Waals surface area contributed by atoms with Gasteiger partial charge in [-0.1, -0.05) is 6.92 Å². The average Bonchev–Trinajstić information content (AvgIpc) is 2.67. The number of alkyl halides is 2. The van der Waals surface area contributed by atoms with Gasteiger partial charge in [-0.2, -0.15) is 0 Å². The summed E-state index contributed by atoms with van der Waals surface area (Å²) in [7, 11) is 0. The van der Waals surface area contributed by atoms with Crippen molar-refractivity contribution in [1.82, 2.24) is 5.32 Å². The van der Waals surface area contributed by atoms with E-state index in [0.29, 0.717) is 12.8 Å². The molecule has 2 aliphatic carbocycles. The van der Waals surface area contributed by atoms with Gasteiger partial charge >= 0.3 is 0 Å². The Bertz CT molecular complexity index is 173. The van der Waals surface area contributed by atoms with Crippen LogP contribution in [0.3, 0.4) is 0 Å². The van der Waals surface area contributed by atoms with Crippen molar-refractivity contribution in [2.75, 3.05) is 6.54 Å². The molecule has 2 rings (SSSR count). The molecule has 0 aliphatic heterocycles. The van der Waals surface area contributed by atoms with Gasteiger partial charge in [0.25, 0.3) is 0 Å². The number of rotatable bonds is 4. The summed E-state index contributed by atoms with van der Waals surface area (Å²) in [5.74, 6) is 0. The van der Waals surface area contributed by atoms with Crippen LogP contribution in [-0.2, 0) is 0 Å². The number of hydrogen-bond acceptors (Lipinski definition) is 1. The molecule has 3 heteroatoms. The molecule has 64 valence electrons. The quantitative estimate of drug-likeness (QED) is 0.662. The number of fused-ring (bicyclic) bond motifs is 1. The smallest absolute Gasteiger partial charge is 0.246 e. The first-order valence-electron chi connectivity index (χ1n) is 4.20. The molecule has 0 amide bonds. The number of hydrogen-bond donors (Lipinski definition) is 1. The maximum Gasteiger partial charge on any atom is 0.246 e. The second-order valence-electron chi connectivity index (χ2n) is 3.82. The highest BCUT2D eigenvalue weighted by molar-refractivity contribution is 5.39. The SMILES string of the molecule is CCCNC12CC1(C(F)F)C2. The summed E-state index contributed by atoms with van der Waals surface area (Å²) < 4.78 is 24.6. The van der Waals surface area contributed by atoms with E-state index in [0.717, 1.165) is 13.0 Å². The maximum absolute atomic E-state index is 12.3. The second kappa shape index (κ2) is 1.94. The van der Waals surface area contributed by atoms with Crippen molar-refractivity contribution < 1.29 is 8.78 Å².